The van der Waals surface area contributed by atoms with E-state index in [0.717, 1.165) is 6.42 Å². The number of halogens is 3. The van der Waals surface area contributed by atoms with Crippen LogP contribution in [-0.2, 0) is 0 Å². The standard InChI is InChI=1S/C21H24F2N2O.ClH/c1-13-10-15(22)5-7-16(13)17-6-4-14(11-18(17)23)20(26)25-9-8-19(24)21(2,3)12-25;/h4-7,10-11,19H,8-9,12,24H2,1-3H3;1H. The Bertz CT molecular complexity index is 854. The fraction of sp³-hybridized carbons (Fsp3) is 0.381. The van der Waals surface area contributed by atoms with Gasteiger partial charge >= 0.3 is 0 Å². The molecule has 27 heavy (non-hydrogen) atoms. The van der Waals surface area contributed by atoms with Crippen LogP contribution >= 0.6 is 12.4 Å². The first kappa shape index (κ1) is 21.3. The number of nitrogens with zero attached hydrogens (tertiary/aromatic N) is 1. The van der Waals surface area contributed by atoms with Crippen LogP contribution in [0.5, 0.6) is 0 Å². The molecule has 1 saturated heterocycles. The molecule has 0 aliphatic carbocycles. The Labute approximate surface area is 165 Å². The molecule has 1 aliphatic heterocycles. The number of rotatable bonds is 2. The van der Waals surface area contributed by atoms with Crippen molar-refractivity contribution in [2.75, 3.05) is 13.1 Å². The first-order valence-electron chi connectivity index (χ1n) is 8.80. The maximum Gasteiger partial charge on any atom is 0.253 e. The minimum absolute atomic E-state index is 0. The molecule has 6 heteroatoms. The van der Waals surface area contributed by atoms with E-state index in [9.17, 15) is 13.6 Å². The largest absolute Gasteiger partial charge is 0.338 e. The van der Waals surface area contributed by atoms with Crippen molar-refractivity contribution in [1.82, 2.24) is 4.90 Å². The molecule has 1 atom stereocenters. The van der Waals surface area contributed by atoms with E-state index in [-0.39, 0.29) is 35.6 Å². The number of carbonyl (C=O) groups excluding carboxylic acids is 1. The predicted molar refractivity (Wildman–Crippen MR) is 106 cm³/mol. The molecule has 0 aromatic heterocycles. The lowest BCUT2D eigenvalue weighted by molar-refractivity contribution is 0.0532. The number of nitrogens with two attached hydrogens (primary N) is 1. The van der Waals surface area contributed by atoms with Crippen molar-refractivity contribution in [3.63, 3.8) is 0 Å². The van der Waals surface area contributed by atoms with Gasteiger partial charge in [-0.1, -0.05) is 26.0 Å². The van der Waals surface area contributed by atoms with Crippen LogP contribution in [0.3, 0.4) is 0 Å². The Morgan fingerprint density at radius 1 is 1.15 bits per heavy atom. The smallest absolute Gasteiger partial charge is 0.253 e. The number of benzene rings is 2. The second kappa shape index (κ2) is 7.95. The number of amides is 1. The number of hydrogen-bond acceptors (Lipinski definition) is 2. The molecule has 3 rings (SSSR count). The molecule has 0 spiro atoms. The van der Waals surface area contributed by atoms with Gasteiger partial charge in [0.25, 0.3) is 5.91 Å². The monoisotopic (exact) mass is 394 g/mol. The number of carbonyl (C=O) groups is 1. The zero-order chi connectivity index (χ0) is 19.1. The summed E-state index contributed by atoms with van der Waals surface area (Å²) in [5, 5.41) is 0. The lowest BCUT2D eigenvalue weighted by Gasteiger charge is -2.42. The Kier molecular flexibility index (Phi) is 6.28. The van der Waals surface area contributed by atoms with Gasteiger partial charge in [-0.25, -0.2) is 8.78 Å². The molecule has 0 bridgehead atoms. The van der Waals surface area contributed by atoms with Crippen LogP contribution in [0.4, 0.5) is 8.78 Å². The third-order valence-corrected chi connectivity index (χ3v) is 5.29. The molecule has 0 saturated carbocycles. The number of piperidine rings is 1. The highest BCUT2D eigenvalue weighted by Crippen LogP contribution is 2.30. The van der Waals surface area contributed by atoms with E-state index in [4.69, 9.17) is 5.73 Å². The van der Waals surface area contributed by atoms with Gasteiger partial charge in [0, 0.05) is 30.3 Å². The summed E-state index contributed by atoms with van der Waals surface area (Å²) in [6.07, 6.45) is 0.730. The van der Waals surface area contributed by atoms with Gasteiger partial charge in [0.1, 0.15) is 11.6 Å². The summed E-state index contributed by atoms with van der Waals surface area (Å²) in [5.41, 5.74) is 7.90. The van der Waals surface area contributed by atoms with Crippen LogP contribution in [0, 0.1) is 24.0 Å². The lowest BCUT2D eigenvalue weighted by Crippen LogP contribution is -2.54. The molecule has 3 nitrogen and oxygen atoms in total. The highest BCUT2D eigenvalue weighted by molar-refractivity contribution is 5.95. The molecule has 146 valence electrons. The summed E-state index contributed by atoms with van der Waals surface area (Å²) in [4.78, 5) is 14.5. The van der Waals surface area contributed by atoms with Gasteiger partial charge in [-0.2, -0.15) is 0 Å². The van der Waals surface area contributed by atoms with Crippen molar-refractivity contribution < 1.29 is 13.6 Å². The summed E-state index contributed by atoms with van der Waals surface area (Å²) < 4.78 is 28.0. The molecule has 1 aliphatic rings. The van der Waals surface area contributed by atoms with E-state index in [0.29, 0.717) is 35.3 Å². The van der Waals surface area contributed by atoms with Crippen molar-refractivity contribution in [3.8, 4) is 11.1 Å². The molecular weight excluding hydrogens is 370 g/mol. The average molecular weight is 395 g/mol. The Morgan fingerprint density at radius 3 is 2.41 bits per heavy atom. The van der Waals surface area contributed by atoms with Gasteiger partial charge in [-0.3, -0.25) is 4.79 Å². The van der Waals surface area contributed by atoms with Crippen molar-refractivity contribution in [3.05, 3.63) is 59.2 Å². The first-order valence-corrected chi connectivity index (χ1v) is 8.80. The second-order valence-electron chi connectivity index (χ2n) is 7.76. The van der Waals surface area contributed by atoms with E-state index in [1.807, 2.05) is 13.8 Å². The number of hydrogen-bond donors (Lipinski definition) is 1. The Balaban J connectivity index is 0.00000261. The highest BCUT2D eigenvalue weighted by Gasteiger charge is 2.35. The molecule has 1 amide bonds. The molecule has 2 aromatic carbocycles. The summed E-state index contributed by atoms with van der Waals surface area (Å²) >= 11 is 0. The van der Waals surface area contributed by atoms with Crippen molar-refractivity contribution in [1.29, 1.82) is 0 Å². The van der Waals surface area contributed by atoms with Gasteiger partial charge < -0.3 is 10.6 Å². The zero-order valence-electron chi connectivity index (χ0n) is 15.8. The van der Waals surface area contributed by atoms with Crippen LogP contribution in [-0.4, -0.2) is 29.9 Å². The molecular formula is C21H25ClF2N2O. The van der Waals surface area contributed by atoms with E-state index in [1.165, 1.54) is 18.2 Å². The van der Waals surface area contributed by atoms with Gasteiger partial charge in [0.15, 0.2) is 0 Å². The van der Waals surface area contributed by atoms with E-state index in [2.05, 4.69) is 0 Å². The third-order valence-electron chi connectivity index (χ3n) is 5.29. The maximum atomic E-state index is 14.7. The van der Waals surface area contributed by atoms with Crippen LogP contribution < -0.4 is 5.73 Å². The highest BCUT2D eigenvalue weighted by atomic mass is 35.5. The van der Waals surface area contributed by atoms with Crippen LogP contribution in [0.2, 0.25) is 0 Å². The second-order valence-corrected chi connectivity index (χ2v) is 7.76. The zero-order valence-corrected chi connectivity index (χ0v) is 16.6. The molecule has 2 aromatic rings. The van der Waals surface area contributed by atoms with Gasteiger partial charge in [0.2, 0.25) is 0 Å². The maximum absolute atomic E-state index is 14.7. The minimum Gasteiger partial charge on any atom is -0.338 e. The van der Waals surface area contributed by atoms with Crippen molar-refractivity contribution >= 4 is 18.3 Å². The topological polar surface area (TPSA) is 46.3 Å². The van der Waals surface area contributed by atoms with Crippen LogP contribution in [0.25, 0.3) is 11.1 Å². The fourth-order valence-corrected chi connectivity index (χ4v) is 3.53. The predicted octanol–water partition coefficient (Wildman–Crippen LogP) is 4.56. The summed E-state index contributed by atoms with van der Waals surface area (Å²) in [6.45, 7) is 6.93. The summed E-state index contributed by atoms with van der Waals surface area (Å²) in [7, 11) is 0. The van der Waals surface area contributed by atoms with Gasteiger partial charge in [0.05, 0.1) is 0 Å². The molecule has 1 unspecified atom stereocenters. The van der Waals surface area contributed by atoms with E-state index in [1.54, 1.807) is 30.0 Å². The fourth-order valence-electron chi connectivity index (χ4n) is 3.53. The van der Waals surface area contributed by atoms with Crippen LogP contribution in [0.1, 0.15) is 36.2 Å². The van der Waals surface area contributed by atoms with Gasteiger partial charge in [-0.05, 0) is 54.2 Å². The third kappa shape index (κ3) is 4.30. The Hall–Kier alpha value is -1.98. The normalized spacial score (nSPS) is 18.7. The first-order chi connectivity index (χ1) is 12.2. The van der Waals surface area contributed by atoms with Gasteiger partial charge in [-0.15, -0.1) is 12.4 Å². The van der Waals surface area contributed by atoms with Crippen LogP contribution in [0.15, 0.2) is 36.4 Å². The Morgan fingerprint density at radius 2 is 1.81 bits per heavy atom. The lowest BCUT2D eigenvalue weighted by atomic mass is 9.79. The summed E-state index contributed by atoms with van der Waals surface area (Å²) in [5.74, 6) is -1.03. The van der Waals surface area contributed by atoms with Crippen molar-refractivity contribution in [2.24, 2.45) is 11.1 Å². The molecule has 1 heterocycles. The quantitative estimate of drug-likeness (QED) is 0.811. The summed E-state index contributed by atoms with van der Waals surface area (Å²) in [6, 6.07) is 8.76. The molecule has 2 N–H and O–H groups in total. The molecule has 1 fully saturated rings. The van der Waals surface area contributed by atoms with E-state index >= 15 is 0 Å². The average Bonchev–Trinajstić information content (AvgIpc) is 2.57. The SMILES string of the molecule is Cc1cc(F)ccc1-c1ccc(C(=O)N2CCC(N)C(C)(C)C2)cc1F.Cl. The van der Waals surface area contributed by atoms with E-state index < -0.39 is 5.82 Å². The minimum atomic E-state index is -0.487. The number of aryl methyl sites for hydroxylation is 1. The number of likely N-dealkylation sites (tertiary alicyclic amines) is 1. The molecule has 0 radical (unpaired) electrons. The van der Waals surface area contributed by atoms with Crippen molar-refractivity contribution in [2.45, 2.75) is 33.2 Å².